The lowest BCUT2D eigenvalue weighted by atomic mass is 9.95. The Kier molecular flexibility index (Phi) is 6.91. The zero-order chi connectivity index (χ0) is 21.0. The fourth-order valence-corrected chi connectivity index (χ4v) is 3.98. The van der Waals surface area contributed by atoms with E-state index in [9.17, 15) is 0 Å². The molecule has 0 aromatic heterocycles. The van der Waals surface area contributed by atoms with Crippen LogP contribution in [0, 0.1) is 0 Å². The van der Waals surface area contributed by atoms with Crippen LogP contribution in [0.5, 0.6) is 17.2 Å². The number of nitrogens with zero attached hydrogens (tertiary/aromatic N) is 2. The Morgan fingerprint density at radius 1 is 0.828 bits per heavy atom. The number of benzene rings is 2. The van der Waals surface area contributed by atoms with Crippen molar-refractivity contribution in [2.24, 2.45) is 0 Å². The largest absolute Gasteiger partial charge is 0.497 e. The van der Waals surface area contributed by atoms with Crippen LogP contribution in [0.2, 0.25) is 0 Å². The van der Waals surface area contributed by atoms with Crippen LogP contribution in [0.15, 0.2) is 48.5 Å². The maximum Gasteiger partial charge on any atom is 0.138 e. The van der Waals surface area contributed by atoms with Gasteiger partial charge >= 0.3 is 0 Å². The van der Waals surface area contributed by atoms with Gasteiger partial charge in [0.2, 0.25) is 0 Å². The molecule has 1 aliphatic rings. The molecule has 0 radical (unpaired) electrons. The second-order valence-corrected chi connectivity index (χ2v) is 8.13. The van der Waals surface area contributed by atoms with E-state index in [0.29, 0.717) is 12.1 Å². The Bertz CT molecular complexity index is 751. The van der Waals surface area contributed by atoms with Crippen LogP contribution in [0.25, 0.3) is 0 Å². The standard InChI is InChI=1S/C24H34N2O3/c1-17(2)25(18(3)4)15-23-24(29-22-13-11-21(28-6)12-14-22)16-26(23)19-7-9-20(27-5)10-8-19/h7-14,17-18,23-24H,15-16H2,1-6H3/t23-,24-/m1/s1. The van der Waals surface area contributed by atoms with Gasteiger partial charge < -0.3 is 19.1 Å². The van der Waals surface area contributed by atoms with Crippen LogP contribution in [0.4, 0.5) is 5.69 Å². The summed E-state index contributed by atoms with van der Waals surface area (Å²) >= 11 is 0. The summed E-state index contributed by atoms with van der Waals surface area (Å²) < 4.78 is 16.9. The van der Waals surface area contributed by atoms with Gasteiger partial charge in [-0.1, -0.05) is 0 Å². The van der Waals surface area contributed by atoms with Crippen LogP contribution >= 0.6 is 0 Å². The SMILES string of the molecule is COc1ccc(O[C@@H]2CN(c3ccc(OC)cc3)[C@@H]2CN(C(C)C)C(C)C)cc1. The Hall–Kier alpha value is -2.40. The van der Waals surface area contributed by atoms with Gasteiger partial charge in [-0.3, -0.25) is 4.90 Å². The predicted octanol–water partition coefficient (Wildman–Crippen LogP) is 4.46. The molecule has 158 valence electrons. The van der Waals surface area contributed by atoms with Crippen molar-refractivity contribution in [3.63, 3.8) is 0 Å². The molecule has 2 aromatic rings. The molecule has 1 heterocycles. The number of ether oxygens (including phenoxy) is 3. The minimum atomic E-state index is 0.144. The zero-order valence-electron chi connectivity index (χ0n) is 18.5. The van der Waals surface area contributed by atoms with Crippen molar-refractivity contribution in [1.29, 1.82) is 0 Å². The first-order valence-electron chi connectivity index (χ1n) is 10.4. The topological polar surface area (TPSA) is 34.2 Å². The van der Waals surface area contributed by atoms with Crippen molar-refractivity contribution >= 4 is 5.69 Å². The molecular weight excluding hydrogens is 364 g/mol. The number of hydrogen-bond acceptors (Lipinski definition) is 5. The van der Waals surface area contributed by atoms with E-state index in [-0.39, 0.29) is 12.1 Å². The molecule has 2 aromatic carbocycles. The van der Waals surface area contributed by atoms with Gasteiger partial charge in [-0.05, 0) is 76.2 Å². The first-order chi connectivity index (χ1) is 13.9. The molecule has 1 saturated heterocycles. The molecule has 0 spiro atoms. The van der Waals surface area contributed by atoms with E-state index in [4.69, 9.17) is 14.2 Å². The van der Waals surface area contributed by atoms with Crippen molar-refractivity contribution in [3.8, 4) is 17.2 Å². The average molecular weight is 399 g/mol. The maximum absolute atomic E-state index is 6.37. The molecule has 0 saturated carbocycles. The van der Waals surface area contributed by atoms with E-state index in [2.05, 4.69) is 49.6 Å². The van der Waals surface area contributed by atoms with E-state index >= 15 is 0 Å². The van der Waals surface area contributed by atoms with Gasteiger partial charge in [0.1, 0.15) is 23.4 Å². The van der Waals surface area contributed by atoms with Crippen LogP contribution in [0.3, 0.4) is 0 Å². The number of methoxy groups -OCH3 is 2. The average Bonchev–Trinajstić information content (AvgIpc) is 2.71. The minimum absolute atomic E-state index is 0.144. The van der Waals surface area contributed by atoms with Gasteiger partial charge in [-0.15, -0.1) is 0 Å². The molecule has 5 nitrogen and oxygen atoms in total. The summed E-state index contributed by atoms with van der Waals surface area (Å²) in [5, 5.41) is 0. The smallest absolute Gasteiger partial charge is 0.138 e. The molecule has 0 unspecified atom stereocenters. The van der Waals surface area contributed by atoms with Crippen molar-refractivity contribution in [1.82, 2.24) is 4.90 Å². The Balaban J connectivity index is 1.77. The van der Waals surface area contributed by atoms with Crippen LogP contribution < -0.4 is 19.1 Å². The summed E-state index contributed by atoms with van der Waals surface area (Å²) in [5.41, 5.74) is 1.21. The van der Waals surface area contributed by atoms with E-state index in [1.165, 1.54) is 5.69 Å². The molecule has 29 heavy (non-hydrogen) atoms. The van der Waals surface area contributed by atoms with E-state index in [1.54, 1.807) is 14.2 Å². The van der Waals surface area contributed by atoms with E-state index < -0.39 is 0 Å². The van der Waals surface area contributed by atoms with Gasteiger partial charge in [0.05, 0.1) is 26.8 Å². The van der Waals surface area contributed by atoms with E-state index in [1.807, 2.05) is 36.4 Å². The van der Waals surface area contributed by atoms with E-state index in [0.717, 1.165) is 30.3 Å². The van der Waals surface area contributed by atoms with Crippen molar-refractivity contribution in [2.75, 3.05) is 32.2 Å². The number of anilines is 1. The molecular formula is C24H34N2O3. The summed E-state index contributed by atoms with van der Waals surface area (Å²) in [7, 11) is 3.38. The molecule has 5 heteroatoms. The highest BCUT2D eigenvalue weighted by molar-refractivity contribution is 5.53. The summed E-state index contributed by atoms with van der Waals surface area (Å²) in [4.78, 5) is 4.97. The quantitative estimate of drug-likeness (QED) is 0.623. The number of rotatable bonds is 9. The highest BCUT2D eigenvalue weighted by Gasteiger charge is 2.42. The Morgan fingerprint density at radius 3 is 1.79 bits per heavy atom. The zero-order valence-corrected chi connectivity index (χ0v) is 18.5. The van der Waals surface area contributed by atoms with Gasteiger partial charge in [-0.2, -0.15) is 0 Å². The second kappa shape index (κ2) is 9.40. The van der Waals surface area contributed by atoms with Crippen LogP contribution in [-0.2, 0) is 0 Å². The third kappa shape index (κ3) is 4.96. The highest BCUT2D eigenvalue weighted by Crippen LogP contribution is 2.32. The summed E-state index contributed by atoms with van der Waals surface area (Å²) in [5.74, 6) is 2.60. The monoisotopic (exact) mass is 398 g/mol. The molecule has 2 atom stereocenters. The molecule has 0 bridgehead atoms. The van der Waals surface area contributed by atoms with Crippen molar-refractivity contribution in [2.45, 2.75) is 51.9 Å². The highest BCUT2D eigenvalue weighted by atomic mass is 16.5. The Labute approximate surface area is 175 Å². The maximum atomic E-state index is 6.37. The minimum Gasteiger partial charge on any atom is -0.497 e. The van der Waals surface area contributed by atoms with Crippen LogP contribution in [0.1, 0.15) is 27.7 Å². The van der Waals surface area contributed by atoms with Crippen molar-refractivity contribution < 1.29 is 14.2 Å². The fourth-order valence-electron chi connectivity index (χ4n) is 3.98. The summed E-state index contributed by atoms with van der Waals surface area (Å²) in [6.07, 6.45) is 0.144. The van der Waals surface area contributed by atoms with Gasteiger partial charge in [-0.25, -0.2) is 0 Å². The molecule has 0 amide bonds. The second-order valence-electron chi connectivity index (χ2n) is 8.13. The molecule has 1 aliphatic heterocycles. The van der Waals surface area contributed by atoms with Gasteiger partial charge in [0.15, 0.2) is 0 Å². The first kappa shape index (κ1) is 21.3. The molecule has 0 N–H and O–H groups in total. The Morgan fingerprint density at radius 2 is 1.31 bits per heavy atom. The first-order valence-corrected chi connectivity index (χ1v) is 10.4. The summed E-state index contributed by atoms with van der Waals surface area (Å²) in [6, 6.07) is 17.4. The molecule has 0 aliphatic carbocycles. The third-order valence-corrected chi connectivity index (χ3v) is 5.68. The third-order valence-electron chi connectivity index (χ3n) is 5.68. The van der Waals surface area contributed by atoms with Crippen LogP contribution in [-0.4, -0.2) is 56.4 Å². The summed E-state index contributed by atoms with van der Waals surface area (Å²) in [6.45, 7) is 10.9. The molecule has 3 rings (SSSR count). The van der Waals surface area contributed by atoms with Gasteiger partial charge in [0.25, 0.3) is 0 Å². The number of hydrogen-bond donors (Lipinski definition) is 0. The lowest BCUT2D eigenvalue weighted by Crippen LogP contribution is -2.67. The fraction of sp³-hybridized carbons (Fsp3) is 0.500. The normalized spacial score (nSPS) is 18.9. The lowest BCUT2D eigenvalue weighted by Gasteiger charge is -2.51. The molecule has 1 fully saturated rings. The lowest BCUT2D eigenvalue weighted by molar-refractivity contribution is 0.0671. The van der Waals surface area contributed by atoms with Crippen molar-refractivity contribution in [3.05, 3.63) is 48.5 Å². The predicted molar refractivity (Wildman–Crippen MR) is 119 cm³/mol. The van der Waals surface area contributed by atoms with Gasteiger partial charge in [0, 0.05) is 24.3 Å².